The van der Waals surface area contributed by atoms with Gasteiger partial charge in [0.2, 0.25) is 0 Å². The Morgan fingerprint density at radius 2 is 1.69 bits per heavy atom. The minimum absolute atomic E-state index is 0.00764. The molecule has 32 heavy (non-hydrogen) atoms. The average molecular weight is 450 g/mol. The molecule has 0 radical (unpaired) electrons. The van der Waals surface area contributed by atoms with Crippen LogP contribution in [-0.2, 0) is 25.5 Å². The van der Waals surface area contributed by atoms with Crippen LogP contribution in [-0.4, -0.2) is 71.1 Å². The van der Waals surface area contributed by atoms with Crippen LogP contribution >= 0.6 is 0 Å². The topological polar surface area (TPSA) is 60.4 Å². The number of hydrogen-bond acceptors (Lipinski definition) is 6. The van der Waals surface area contributed by atoms with Gasteiger partial charge >= 0.3 is 0 Å². The van der Waals surface area contributed by atoms with E-state index in [-0.39, 0.29) is 48.1 Å². The molecule has 0 aliphatic carbocycles. The van der Waals surface area contributed by atoms with Crippen molar-refractivity contribution in [1.82, 2.24) is 4.90 Å². The largest absolute Gasteiger partial charge is 0.396 e. The highest BCUT2D eigenvalue weighted by molar-refractivity contribution is 5.16. The maximum absolute atomic E-state index is 10.6. The lowest BCUT2D eigenvalue weighted by Gasteiger charge is -2.39. The molecule has 3 rings (SSSR count). The molecule has 182 valence electrons. The fourth-order valence-electron chi connectivity index (χ4n) is 4.87. The SMILES string of the molecule is CC(C)(C)O[C@H]1[C@H]([C@@H](CO)[C@H]2COC(C)(C)O2)N(Cc2ccccc2)C[C@@H]1OC(C)(C)C. The second kappa shape index (κ2) is 9.69. The zero-order valence-corrected chi connectivity index (χ0v) is 21.1. The predicted molar refractivity (Wildman–Crippen MR) is 125 cm³/mol. The molecule has 6 nitrogen and oxygen atoms in total. The van der Waals surface area contributed by atoms with E-state index in [1.807, 2.05) is 19.9 Å². The second-order valence-electron chi connectivity index (χ2n) is 11.6. The van der Waals surface area contributed by atoms with E-state index < -0.39 is 5.79 Å². The lowest BCUT2D eigenvalue weighted by Crippen LogP contribution is -2.52. The number of likely N-dealkylation sites (tertiary alicyclic amines) is 1. The predicted octanol–water partition coefficient (Wildman–Crippen LogP) is 4.00. The Kier molecular flexibility index (Phi) is 7.75. The van der Waals surface area contributed by atoms with E-state index in [9.17, 15) is 5.11 Å². The first kappa shape index (κ1) is 25.6. The third-order valence-corrected chi connectivity index (χ3v) is 5.92. The van der Waals surface area contributed by atoms with Crippen LogP contribution in [0.1, 0.15) is 61.0 Å². The van der Waals surface area contributed by atoms with E-state index in [2.05, 4.69) is 70.7 Å². The quantitative estimate of drug-likeness (QED) is 0.679. The van der Waals surface area contributed by atoms with Crippen molar-refractivity contribution in [3.63, 3.8) is 0 Å². The molecule has 0 amide bonds. The molecule has 2 aliphatic rings. The van der Waals surface area contributed by atoms with Crippen molar-refractivity contribution < 1.29 is 24.1 Å². The van der Waals surface area contributed by atoms with Gasteiger partial charge in [0.05, 0.1) is 36.6 Å². The first-order chi connectivity index (χ1) is 14.8. The van der Waals surface area contributed by atoms with E-state index in [0.717, 1.165) is 13.1 Å². The molecule has 0 unspecified atom stereocenters. The zero-order valence-electron chi connectivity index (χ0n) is 21.1. The van der Waals surface area contributed by atoms with Crippen LogP contribution in [0.25, 0.3) is 0 Å². The van der Waals surface area contributed by atoms with Gasteiger partial charge in [-0.15, -0.1) is 0 Å². The summed E-state index contributed by atoms with van der Waals surface area (Å²) in [6, 6.07) is 10.4. The van der Waals surface area contributed by atoms with Gasteiger partial charge in [-0.05, 0) is 61.0 Å². The number of nitrogens with zero attached hydrogens (tertiary/aromatic N) is 1. The molecule has 0 spiro atoms. The standard InChI is InChI=1S/C26H43NO5/c1-24(2,3)30-20-15-27(14-18-12-10-9-11-13-18)22(23(20)32-25(4,5)6)19(16-28)21-17-29-26(7,8)31-21/h9-13,19-23,28H,14-17H2,1-8H3/t19-,20-,21+,22-,23+/m0/s1. The van der Waals surface area contributed by atoms with E-state index in [0.29, 0.717) is 6.61 Å². The molecule has 2 heterocycles. The van der Waals surface area contributed by atoms with Crippen molar-refractivity contribution in [3.05, 3.63) is 35.9 Å². The van der Waals surface area contributed by atoms with Gasteiger partial charge in [0, 0.05) is 25.0 Å². The Morgan fingerprint density at radius 1 is 1.06 bits per heavy atom. The third-order valence-electron chi connectivity index (χ3n) is 5.92. The molecule has 5 atom stereocenters. The van der Waals surface area contributed by atoms with Gasteiger partial charge in [0.1, 0.15) is 6.10 Å². The first-order valence-electron chi connectivity index (χ1n) is 11.8. The van der Waals surface area contributed by atoms with Crippen LogP contribution in [0, 0.1) is 5.92 Å². The number of benzene rings is 1. The smallest absolute Gasteiger partial charge is 0.163 e. The molecule has 2 aliphatic heterocycles. The summed E-state index contributed by atoms with van der Waals surface area (Å²) in [6.45, 7) is 18.2. The molecule has 2 fully saturated rings. The fraction of sp³-hybridized carbons (Fsp3) is 0.769. The van der Waals surface area contributed by atoms with Crippen LogP contribution < -0.4 is 0 Å². The minimum Gasteiger partial charge on any atom is -0.396 e. The summed E-state index contributed by atoms with van der Waals surface area (Å²) in [7, 11) is 0. The third kappa shape index (κ3) is 6.75. The molecular weight excluding hydrogens is 406 g/mol. The van der Waals surface area contributed by atoms with Crippen LogP contribution in [0.5, 0.6) is 0 Å². The average Bonchev–Trinajstić information content (AvgIpc) is 3.15. The molecule has 1 aromatic carbocycles. The Bertz CT molecular complexity index is 724. The zero-order chi connectivity index (χ0) is 23.7. The normalized spacial score (nSPS) is 30.0. The van der Waals surface area contributed by atoms with Crippen molar-refractivity contribution in [2.45, 2.75) is 103 Å². The summed E-state index contributed by atoms with van der Waals surface area (Å²) >= 11 is 0. The van der Waals surface area contributed by atoms with E-state index in [1.54, 1.807) is 0 Å². The fourth-order valence-corrected chi connectivity index (χ4v) is 4.87. The van der Waals surface area contributed by atoms with Gasteiger partial charge < -0.3 is 24.1 Å². The van der Waals surface area contributed by atoms with Gasteiger partial charge in [0.25, 0.3) is 0 Å². The maximum Gasteiger partial charge on any atom is 0.163 e. The highest BCUT2D eigenvalue weighted by atomic mass is 16.7. The van der Waals surface area contributed by atoms with Crippen molar-refractivity contribution >= 4 is 0 Å². The summed E-state index contributed by atoms with van der Waals surface area (Å²) in [5.74, 6) is -0.816. The molecule has 6 heteroatoms. The van der Waals surface area contributed by atoms with Crippen molar-refractivity contribution in [3.8, 4) is 0 Å². The lowest BCUT2D eigenvalue weighted by atomic mass is 9.89. The molecule has 2 saturated heterocycles. The number of aliphatic hydroxyl groups excluding tert-OH is 1. The minimum atomic E-state index is -0.650. The Labute approximate surface area is 194 Å². The van der Waals surface area contributed by atoms with Crippen LogP contribution in [0.2, 0.25) is 0 Å². The first-order valence-corrected chi connectivity index (χ1v) is 11.8. The number of ether oxygens (including phenoxy) is 4. The summed E-state index contributed by atoms with van der Waals surface area (Å²) in [4.78, 5) is 2.40. The number of hydrogen-bond donors (Lipinski definition) is 1. The van der Waals surface area contributed by atoms with Gasteiger partial charge in [-0.2, -0.15) is 0 Å². The maximum atomic E-state index is 10.6. The monoisotopic (exact) mass is 449 g/mol. The van der Waals surface area contributed by atoms with Gasteiger partial charge in [-0.1, -0.05) is 30.3 Å². The molecular formula is C26H43NO5. The summed E-state index contributed by atoms with van der Waals surface area (Å²) in [5, 5.41) is 10.6. The van der Waals surface area contributed by atoms with E-state index >= 15 is 0 Å². The highest BCUT2D eigenvalue weighted by Gasteiger charge is 2.52. The van der Waals surface area contributed by atoms with E-state index in [4.69, 9.17) is 18.9 Å². The van der Waals surface area contributed by atoms with Gasteiger partial charge in [-0.25, -0.2) is 0 Å². The Hall–Kier alpha value is -1.02. The number of rotatable bonds is 7. The van der Waals surface area contributed by atoms with Crippen LogP contribution in [0.3, 0.4) is 0 Å². The van der Waals surface area contributed by atoms with Crippen molar-refractivity contribution in [2.75, 3.05) is 19.8 Å². The molecule has 0 bridgehead atoms. The van der Waals surface area contributed by atoms with Gasteiger partial charge in [0.15, 0.2) is 5.79 Å². The molecule has 1 aromatic rings. The van der Waals surface area contributed by atoms with E-state index in [1.165, 1.54) is 5.56 Å². The lowest BCUT2D eigenvalue weighted by molar-refractivity contribution is -0.171. The summed E-state index contributed by atoms with van der Waals surface area (Å²) < 4.78 is 25.3. The molecule has 1 N–H and O–H groups in total. The van der Waals surface area contributed by atoms with Crippen molar-refractivity contribution in [1.29, 1.82) is 0 Å². The number of aliphatic hydroxyl groups is 1. The summed E-state index contributed by atoms with van der Waals surface area (Å²) in [6.07, 6.45) is -0.535. The second-order valence-corrected chi connectivity index (χ2v) is 11.6. The van der Waals surface area contributed by atoms with Gasteiger partial charge in [-0.3, -0.25) is 4.90 Å². The van der Waals surface area contributed by atoms with Crippen molar-refractivity contribution in [2.24, 2.45) is 5.92 Å². The summed E-state index contributed by atoms with van der Waals surface area (Å²) in [5.41, 5.74) is 0.572. The van der Waals surface area contributed by atoms with Crippen LogP contribution in [0.15, 0.2) is 30.3 Å². The Morgan fingerprint density at radius 3 is 2.19 bits per heavy atom. The Balaban J connectivity index is 1.96. The molecule has 0 aromatic heterocycles. The molecule has 0 saturated carbocycles. The van der Waals surface area contributed by atoms with Crippen LogP contribution in [0.4, 0.5) is 0 Å². The highest BCUT2D eigenvalue weighted by Crippen LogP contribution is 2.39.